The number of carbonyl (C=O) groups excluding carboxylic acids is 1. The van der Waals surface area contributed by atoms with E-state index in [9.17, 15) is 4.79 Å². The number of allylic oxidation sites excluding steroid dienone is 4. The summed E-state index contributed by atoms with van der Waals surface area (Å²) in [5.74, 6) is 0.383. The molecule has 0 unspecified atom stereocenters. The van der Waals surface area contributed by atoms with Crippen molar-refractivity contribution in [1.82, 2.24) is 0 Å². The number of hydrogen-bond donors (Lipinski definition) is 0. The lowest BCUT2D eigenvalue weighted by molar-refractivity contribution is 0.0975. The summed E-state index contributed by atoms with van der Waals surface area (Å²) in [5.41, 5.74) is 3.24. The van der Waals surface area contributed by atoms with Crippen molar-refractivity contribution in [1.29, 1.82) is 0 Å². The molecule has 2 heteroatoms. The fraction of sp³-hybridized carbons (Fsp3) is 0.267. The molecule has 1 nitrogen and oxygen atoms in total. The second-order valence-electron chi connectivity index (χ2n) is 4.50. The highest BCUT2D eigenvalue weighted by molar-refractivity contribution is 6.31. The van der Waals surface area contributed by atoms with Crippen molar-refractivity contribution in [3.63, 3.8) is 0 Å². The molecule has 17 heavy (non-hydrogen) atoms. The van der Waals surface area contributed by atoms with Gasteiger partial charge in [-0.2, -0.15) is 0 Å². The predicted octanol–water partition coefficient (Wildman–Crippen LogP) is 4.44. The van der Waals surface area contributed by atoms with Crippen LogP contribution in [0.5, 0.6) is 0 Å². The first-order chi connectivity index (χ1) is 8.06. The minimum atomic E-state index is 0.146. The van der Waals surface area contributed by atoms with Crippen molar-refractivity contribution < 1.29 is 4.79 Å². The van der Waals surface area contributed by atoms with Crippen LogP contribution in [0.2, 0.25) is 5.02 Å². The molecule has 1 aliphatic rings. The number of ketones is 1. The Labute approximate surface area is 107 Å². The Morgan fingerprint density at radius 3 is 2.47 bits per heavy atom. The molecule has 0 N–H and O–H groups in total. The molecule has 0 fully saturated rings. The molecule has 1 aromatic carbocycles. The van der Waals surface area contributed by atoms with E-state index in [1.807, 2.05) is 12.1 Å². The van der Waals surface area contributed by atoms with Crippen molar-refractivity contribution in [2.75, 3.05) is 0 Å². The van der Waals surface area contributed by atoms with Crippen LogP contribution < -0.4 is 0 Å². The summed E-state index contributed by atoms with van der Waals surface area (Å²) < 4.78 is 0. The molecule has 0 radical (unpaired) electrons. The Hall–Kier alpha value is -1.34. The average molecular weight is 247 g/mol. The molecule has 0 bridgehead atoms. The number of Topliss-reactive ketones (excluding diaryl/α,β-unsaturated/α-hetero) is 1. The topological polar surface area (TPSA) is 17.1 Å². The van der Waals surface area contributed by atoms with Crippen LogP contribution in [0.1, 0.15) is 30.6 Å². The molecule has 0 saturated carbocycles. The molecule has 2 rings (SSSR count). The van der Waals surface area contributed by atoms with E-state index in [0.29, 0.717) is 17.0 Å². The van der Waals surface area contributed by atoms with Gasteiger partial charge in [-0.3, -0.25) is 4.79 Å². The lowest BCUT2D eigenvalue weighted by Crippen LogP contribution is -2.04. The highest BCUT2D eigenvalue weighted by Gasteiger charge is 2.16. The van der Waals surface area contributed by atoms with E-state index in [0.717, 1.165) is 0 Å². The molecule has 0 spiro atoms. The van der Waals surface area contributed by atoms with E-state index in [1.165, 1.54) is 11.1 Å². The van der Waals surface area contributed by atoms with Crippen molar-refractivity contribution in [2.24, 2.45) is 5.92 Å². The average Bonchev–Trinajstić information content (AvgIpc) is 2.58. The van der Waals surface area contributed by atoms with Gasteiger partial charge in [0.15, 0.2) is 5.78 Å². The fourth-order valence-corrected chi connectivity index (χ4v) is 2.26. The Morgan fingerprint density at radius 1 is 1.24 bits per heavy atom. The van der Waals surface area contributed by atoms with Crippen molar-refractivity contribution in [3.05, 3.63) is 58.1 Å². The number of rotatable bonds is 3. The number of hydrogen-bond acceptors (Lipinski definition) is 1. The lowest BCUT2D eigenvalue weighted by atomic mass is 9.99. The van der Waals surface area contributed by atoms with Gasteiger partial charge in [-0.05, 0) is 26.0 Å². The second kappa shape index (κ2) is 4.89. The van der Waals surface area contributed by atoms with Gasteiger partial charge in [0.25, 0.3) is 0 Å². The number of carbonyl (C=O) groups is 1. The van der Waals surface area contributed by atoms with Gasteiger partial charge in [0.1, 0.15) is 0 Å². The maximum absolute atomic E-state index is 12.0. The standard InChI is InChI=1S/C15H15ClO/c1-10-6-12(7-11(10)2)8-15(17)13-4-3-5-14(16)9-13/h3-7,9,12H,8H2,1-2H3. The van der Waals surface area contributed by atoms with Crippen LogP contribution in [-0.4, -0.2) is 5.78 Å². The molecular formula is C15H15ClO. The predicted molar refractivity (Wildman–Crippen MR) is 71.4 cm³/mol. The van der Waals surface area contributed by atoms with Gasteiger partial charge >= 0.3 is 0 Å². The van der Waals surface area contributed by atoms with Gasteiger partial charge < -0.3 is 0 Å². The van der Waals surface area contributed by atoms with Gasteiger partial charge in [0.2, 0.25) is 0 Å². The summed E-state index contributed by atoms with van der Waals surface area (Å²) in [4.78, 5) is 12.0. The molecular weight excluding hydrogens is 232 g/mol. The third kappa shape index (κ3) is 2.86. The number of halogens is 1. The first-order valence-corrected chi connectivity index (χ1v) is 6.10. The Balaban J connectivity index is 2.09. The van der Waals surface area contributed by atoms with E-state index < -0.39 is 0 Å². The summed E-state index contributed by atoms with van der Waals surface area (Å²) in [6.07, 6.45) is 4.82. The van der Waals surface area contributed by atoms with Gasteiger partial charge in [0, 0.05) is 22.9 Å². The normalized spacial score (nSPS) is 15.7. The molecule has 0 amide bonds. The quantitative estimate of drug-likeness (QED) is 0.721. The minimum absolute atomic E-state index is 0.146. The summed E-state index contributed by atoms with van der Waals surface area (Å²) >= 11 is 5.88. The van der Waals surface area contributed by atoms with Gasteiger partial charge in [-0.15, -0.1) is 0 Å². The molecule has 0 atom stereocenters. The molecule has 0 heterocycles. The molecule has 0 aliphatic heterocycles. The van der Waals surface area contributed by atoms with Crippen LogP contribution in [0.3, 0.4) is 0 Å². The monoisotopic (exact) mass is 246 g/mol. The molecule has 88 valence electrons. The summed E-state index contributed by atoms with van der Waals surface area (Å²) in [7, 11) is 0. The van der Waals surface area contributed by atoms with Crippen LogP contribution in [0, 0.1) is 5.92 Å². The van der Waals surface area contributed by atoms with Gasteiger partial charge in [-0.25, -0.2) is 0 Å². The maximum Gasteiger partial charge on any atom is 0.163 e. The van der Waals surface area contributed by atoms with E-state index in [-0.39, 0.29) is 11.7 Å². The molecule has 0 aromatic heterocycles. The molecule has 1 aromatic rings. The van der Waals surface area contributed by atoms with Crippen molar-refractivity contribution >= 4 is 17.4 Å². The van der Waals surface area contributed by atoms with Gasteiger partial charge in [0.05, 0.1) is 0 Å². The van der Waals surface area contributed by atoms with Crippen LogP contribution in [0.15, 0.2) is 47.6 Å². The first-order valence-electron chi connectivity index (χ1n) is 5.72. The third-order valence-electron chi connectivity index (χ3n) is 3.12. The van der Waals surface area contributed by atoms with E-state index >= 15 is 0 Å². The Kier molecular flexibility index (Phi) is 3.49. The largest absolute Gasteiger partial charge is 0.294 e. The smallest absolute Gasteiger partial charge is 0.163 e. The van der Waals surface area contributed by atoms with E-state index in [1.54, 1.807) is 12.1 Å². The Bertz CT molecular complexity index is 493. The zero-order valence-corrected chi connectivity index (χ0v) is 10.8. The summed E-state index contributed by atoms with van der Waals surface area (Å²) in [6, 6.07) is 7.14. The van der Waals surface area contributed by atoms with Crippen molar-refractivity contribution in [2.45, 2.75) is 20.3 Å². The van der Waals surface area contributed by atoms with Crippen LogP contribution in [0.4, 0.5) is 0 Å². The minimum Gasteiger partial charge on any atom is -0.294 e. The maximum atomic E-state index is 12.0. The van der Waals surface area contributed by atoms with Crippen LogP contribution in [0.25, 0.3) is 0 Å². The summed E-state index contributed by atoms with van der Waals surface area (Å²) in [6.45, 7) is 4.16. The Morgan fingerprint density at radius 2 is 1.88 bits per heavy atom. The second-order valence-corrected chi connectivity index (χ2v) is 4.94. The molecule has 0 saturated heterocycles. The first kappa shape index (κ1) is 12.1. The van der Waals surface area contributed by atoms with E-state index in [4.69, 9.17) is 11.6 Å². The SMILES string of the molecule is CC1=CC(CC(=O)c2cccc(Cl)c2)C=C1C. The zero-order valence-electron chi connectivity index (χ0n) is 10.0. The van der Waals surface area contributed by atoms with Crippen LogP contribution in [-0.2, 0) is 0 Å². The highest BCUT2D eigenvalue weighted by atomic mass is 35.5. The number of benzene rings is 1. The fourth-order valence-electron chi connectivity index (χ4n) is 2.06. The lowest BCUT2D eigenvalue weighted by Gasteiger charge is -2.04. The van der Waals surface area contributed by atoms with Crippen molar-refractivity contribution in [3.8, 4) is 0 Å². The molecule has 1 aliphatic carbocycles. The van der Waals surface area contributed by atoms with E-state index in [2.05, 4.69) is 26.0 Å². The van der Waals surface area contributed by atoms with Crippen LogP contribution >= 0.6 is 11.6 Å². The summed E-state index contributed by atoms with van der Waals surface area (Å²) in [5, 5.41) is 0.612. The zero-order chi connectivity index (χ0) is 12.4. The third-order valence-corrected chi connectivity index (χ3v) is 3.35. The highest BCUT2D eigenvalue weighted by Crippen LogP contribution is 2.26. The van der Waals surface area contributed by atoms with Gasteiger partial charge in [-0.1, -0.05) is 47.0 Å².